The first-order valence-electron chi connectivity index (χ1n) is 9.90. The fourth-order valence-electron chi connectivity index (χ4n) is 3.64. The van der Waals surface area contributed by atoms with E-state index in [0.717, 1.165) is 0 Å². The van der Waals surface area contributed by atoms with Crippen LogP contribution in [0.5, 0.6) is 5.75 Å². The predicted molar refractivity (Wildman–Crippen MR) is 107 cm³/mol. The highest BCUT2D eigenvalue weighted by Gasteiger charge is 2.51. The summed E-state index contributed by atoms with van der Waals surface area (Å²) in [6.45, 7) is -0.573. The molecule has 5 nitrogen and oxygen atoms in total. The maximum atomic E-state index is 14.7. The molecule has 0 unspecified atom stereocenters. The van der Waals surface area contributed by atoms with Gasteiger partial charge in [0, 0.05) is 18.2 Å². The Bertz CT molecular complexity index is 1400. The third-order valence-corrected chi connectivity index (χ3v) is 5.35. The Morgan fingerprint density at radius 3 is 2.14 bits per heavy atom. The predicted octanol–water partition coefficient (Wildman–Crippen LogP) is 5.45. The van der Waals surface area contributed by atoms with E-state index in [1.165, 1.54) is 24.3 Å². The van der Waals surface area contributed by atoms with Crippen molar-refractivity contribution in [2.75, 3.05) is 11.4 Å². The summed E-state index contributed by atoms with van der Waals surface area (Å²) in [5.41, 5.74) is -3.37. The number of carboxylic acids is 1. The number of amides is 1. The molecule has 0 saturated heterocycles. The minimum atomic E-state index is -4.48. The van der Waals surface area contributed by atoms with Crippen molar-refractivity contribution in [3.63, 3.8) is 0 Å². The van der Waals surface area contributed by atoms with E-state index in [0.29, 0.717) is 16.5 Å². The van der Waals surface area contributed by atoms with Gasteiger partial charge < -0.3 is 9.84 Å². The second kappa shape index (κ2) is 8.81. The quantitative estimate of drug-likeness (QED) is 0.278. The molecule has 0 atom stereocenters. The van der Waals surface area contributed by atoms with Gasteiger partial charge in [-0.05, 0) is 30.2 Å². The second-order valence-corrected chi connectivity index (χ2v) is 7.58. The zero-order valence-corrected chi connectivity index (χ0v) is 17.5. The first-order chi connectivity index (χ1) is 16.8. The van der Waals surface area contributed by atoms with Crippen LogP contribution in [0.15, 0.2) is 36.4 Å². The lowest BCUT2D eigenvalue weighted by Crippen LogP contribution is -2.51. The number of carboxylic acid groups (broad SMARTS) is 1. The number of nitrogens with zero attached hydrogens (tertiary/aromatic N) is 1. The molecule has 1 amide bonds. The average molecular weight is 517 g/mol. The first kappa shape index (κ1) is 24.9. The summed E-state index contributed by atoms with van der Waals surface area (Å²) in [7, 11) is 0. The molecule has 13 heteroatoms. The van der Waals surface area contributed by atoms with Gasteiger partial charge in [-0.2, -0.15) is 8.78 Å². The minimum Gasteiger partial charge on any atom is -0.478 e. The summed E-state index contributed by atoms with van der Waals surface area (Å²) in [6, 6.07) is 5.93. The maximum Gasteiger partial charge on any atom is 0.482 e. The molecule has 188 valence electrons. The van der Waals surface area contributed by atoms with Gasteiger partial charge in [-0.3, -0.25) is 9.69 Å². The molecular weight excluding hydrogens is 506 g/mol. The van der Waals surface area contributed by atoms with Crippen LogP contribution in [0.1, 0.15) is 15.9 Å². The minimum absolute atomic E-state index is 0.137. The molecule has 0 fully saturated rings. The monoisotopic (exact) mass is 517 g/mol. The van der Waals surface area contributed by atoms with Crippen molar-refractivity contribution in [3.8, 4) is 16.9 Å². The molecule has 0 aromatic heterocycles. The number of hydrogen-bond acceptors (Lipinski definition) is 3. The maximum absolute atomic E-state index is 14.7. The van der Waals surface area contributed by atoms with Crippen molar-refractivity contribution >= 4 is 17.6 Å². The Balaban J connectivity index is 1.82. The van der Waals surface area contributed by atoms with Crippen LogP contribution in [0.4, 0.5) is 40.8 Å². The highest BCUT2D eigenvalue weighted by molar-refractivity contribution is 6.01. The molecule has 1 aliphatic rings. The molecule has 36 heavy (non-hydrogen) atoms. The van der Waals surface area contributed by atoms with Crippen LogP contribution < -0.4 is 9.64 Å². The lowest BCUT2D eigenvalue weighted by atomic mass is 10.00. The third kappa shape index (κ3) is 4.10. The number of alkyl halides is 2. The molecule has 3 aromatic carbocycles. The number of ether oxygens (including phenoxy) is 1. The summed E-state index contributed by atoms with van der Waals surface area (Å²) in [5, 5.41) is 9.08. The van der Waals surface area contributed by atoms with Gasteiger partial charge in [-0.1, -0.05) is 12.1 Å². The second-order valence-electron chi connectivity index (χ2n) is 7.58. The van der Waals surface area contributed by atoms with E-state index in [1.807, 2.05) is 0 Å². The van der Waals surface area contributed by atoms with Crippen molar-refractivity contribution in [3.05, 3.63) is 82.4 Å². The Kier molecular flexibility index (Phi) is 6.10. The van der Waals surface area contributed by atoms with Gasteiger partial charge in [0.15, 0.2) is 29.0 Å². The van der Waals surface area contributed by atoms with Crippen LogP contribution in [-0.2, 0) is 11.2 Å². The van der Waals surface area contributed by atoms with Gasteiger partial charge in [0.05, 0.1) is 16.8 Å². The Morgan fingerprint density at radius 2 is 1.53 bits per heavy atom. The van der Waals surface area contributed by atoms with Crippen molar-refractivity contribution < 1.29 is 54.6 Å². The van der Waals surface area contributed by atoms with Crippen LogP contribution in [0.25, 0.3) is 11.1 Å². The fourth-order valence-corrected chi connectivity index (χ4v) is 3.64. The number of rotatable bonds is 5. The number of halogens is 8. The summed E-state index contributed by atoms with van der Waals surface area (Å²) >= 11 is 0. The summed E-state index contributed by atoms with van der Waals surface area (Å²) in [6.07, 6.45) is -4.69. The number of hydrogen-bond donors (Lipinski definition) is 1. The van der Waals surface area contributed by atoms with Crippen molar-refractivity contribution in [1.82, 2.24) is 0 Å². The van der Waals surface area contributed by atoms with E-state index in [4.69, 9.17) is 5.11 Å². The highest BCUT2D eigenvalue weighted by atomic mass is 19.3. The highest BCUT2D eigenvalue weighted by Crippen LogP contribution is 2.44. The van der Waals surface area contributed by atoms with Crippen LogP contribution in [0, 0.1) is 34.9 Å². The molecular formula is C23H11F8NO4. The molecule has 0 saturated carbocycles. The van der Waals surface area contributed by atoms with Gasteiger partial charge in [0.1, 0.15) is 5.82 Å². The van der Waals surface area contributed by atoms with Crippen LogP contribution >= 0.6 is 0 Å². The van der Waals surface area contributed by atoms with E-state index in [-0.39, 0.29) is 18.1 Å². The number of carbonyl (C=O) groups excluding carboxylic acids is 1. The van der Waals surface area contributed by atoms with E-state index >= 15 is 0 Å². The molecule has 1 heterocycles. The molecule has 3 aromatic rings. The number of benzene rings is 3. The van der Waals surface area contributed by atoms with Crippen LogP contribution in [0.3, 0.4) is 0 Å². The van der Waals surface area contributed by atoms with E-state index in [2.05, 4.69) is 4.74 Å². The number of anilines is 1. The van der Waals surface area contributed by atoms with Crippen LogP contribution in [0.2, 0.25) is 0 Å². The van der Waals surface area contributed by atoms with E-state index in [1.54, 1.807) is 0 Å². The Hall–Kier alpha value is -4.16. The van der Waals surface area contributed by atoms with Gasteiger partial charge in [0.25, 0.3) is 0 Å². The average Bonchev–Trinajstić information content (AvgIpc) is 2.82. The molecule has 1 aliphatic heterocycles. The van der Waals surface area contributed by atoms with Gasteiger partial charge >= 0.3 is 18.0 Å². The molecule has 0 bridgehead atoms. The van der Waals surface area contributed by atoms with Gasteiger partial charge in [-0.15, -0.1) is 0 Å². The smallest absolute Gasteiger partial charge is 0.478 e. The fraction of sp³-hybridized carbons (Fsp3) is 0.130. The van der Waals surface area contributed by atoms with Crippen LogP contribution in [-0.4, -0.2) is 29.6 Å². The van der Waals surface area contributed by atoms with Gasteiger partial charge in [0.2, 0.25) is 5.82 Å². The first-order valence-corrected chi connectivity index (χ1v) is 9.90. The SMILES string of the molecule is O=C(O)c1cccc(CCN2C(=O)C(F)(F)Oc3cc(F)c(-c4c(F)c(F)c(F)c(F)c4F)cc32)c1. The lowest BCUT2D eigenvalue weighted by Gasteiger charge is -2.34. The topological polar surface area (TPSA) is 66.8 Å². The van der Waals surface area contributed by atoms with E-state index < -0.39 is 82.0 Å². The summed E-state index contributed by atoms with van der Waals surface area (Å²) in [4.78, 5) is 23.9. The molecule has 0 spiro atoms. The standard InChI is InChI=1S/C23H11F8NO4/c24-12-8-14-13(7-11(12)15-16(25)18(27)20(29)19(28)17(15)26)32(22(35)23(30,31)36-14)5-4-9-2-1-3-10(6-9)21(33)34/h1-3,6-8H,4-5H2,(H,33,34). The van der Waals surface area contributed by atoms with Crippen molar-refractivity contribution in [2.24, 2.45) is 0 Å². The lowest BCUT2D eigenvalue weighted by molar-refractivity contribution is -0.192. The molecule has 1 N–H and O–H groups in total. The zero-order chi connectivity index (χ0) is 26.5. The largest absolute Gasteiger partial charge is 0.482 e. The third-order valence-electron chi connectivity index (χ3n) is 5.35. The number of aromatic carboxylic acids is 1. The van der Waals surface area contributed by atoms with Gasteiger partial charge in [-0.25, -0.2) is 31.1 Å². The molecule has 0 radical (unpaired) electrons. The summed E-state index contributed by atoms with van der Waals surface area (Å²) in [5.74, 6) is -17.8. The number of carbonyl (C=O) groups is 2. The molecule has 4 rings (SSSR count). The van der Waals surface area contributed by atoms with Crippen molar-refractivity contribution in [1.29, 1.82) is 0 Å². The van der Waals surface area contributed by atoms with E-state index in [9.17, 15) is 44.7 Å². The Morgan fingerprint density at radius 1 is 0.917 bits per heavy atom. The molecule has 0 aliphatic carbocycles. The zero-order valence-electron chi connectivity index (χ0n) is 17.5. The normalized spacial score (nSPS) is 14.4. The van der Waals surface area contributed by atoms with Crippen molar-refractivity contribution in [2.45, 2.75) is 12.5 Å². The Labute approximate surface area is 196 Å². The summed E-state index contributed by atoms with van der Waals surface area (Å²) < 4.78 is 117. The number of fused-ring (bicyclic) bond motifs is 1.